The summed E-state index contributed by atoms with van der Waals surface area (Å²) >= 11 is 5.99. The molecule has 82 valence electrons. The molecule has 0 aliphatic carbocycles. The Labute approximate surface area is 99.4 Å². The van der Waals surface area contributed by atoms with Crippen molar-refractivity contribution in [2.75, 3.05) is 7.11 Å². The van der Waals surface area contributed by atoms with E-state index in [2.05, 4.69) is 0 Å². The minimum Gasteiger partial charge on any atom is -0.495 e. The van der Waals surface area contributed by atoms with Gasteiger partial charge in [0.1, 0.15) is 17.2 Å². The van der Waals surface area contributed by atoms with Gasteiger partial charge in [-0.15, -0.1) is 0 Å². The molecule has 16 heavy (non-hydrogen) atoms. The summed E-state index contributed by atoms with van der Waals surface area (Å²) < 4.78 is 10.7. The molecule has 0 atom stereocenters. The summed E-state index contributed by atoms with van der Waals surface area (Å²) in [7, 11) is 1.58. The minimum absolute atomic E-state index is 0.538. The summed E-state index contributed by atoms with van der Waals surface area (Å²) in [6, 6.07) is 14.9. The molecule has 2 aromatic carbocycles. The Balaban J connectivity index is 2.20. The highest BCUT2D eigenvalue weighted by Crippen LogP contribution is 2.30. The van der Waals surface area contributed by atoms with E-state index in [9.17, 15) is 0 Å². The summed E-state index contributed by atoms with van der Waals surface area (Å²) in [5, 5.41) is 0.538. The van der Waals surface area contributed by atoms with Gasteiger partial charge in [0.2, 0.25) is 0 Å². The molecule has 0 bridgehead atoms. The highest BCUT2D eigenvalue weighted by atomic mass is 35.5. The molecule has 0 heterocycles. The van der Waals surface area contributed by atoms with Crippen molar-refractivity contribution in [1.82, 2.24) is 0 Å². The molecule has 0 fully saturated rings. The van der Waals surface area contributed by atoms with Crippen molar-refractivity contribution in [3.63, 3.8) is 0 Å². The van der Waals surface area contributed by atoms with Crippen molar-refractivity contribution in [2.45, 2.75) is 0 Å². The first kappa shape index (κ1) is 10.8. The molecule has 0 saturated heterocycles. The third-order valence-electron chi connectivity index (χ3n) is 2.10. The number of rotatable bonds is 3. The fourth-order valence-corrected chi connectivity index (χ4v) is 1.58. The predicted octanol–water partition coefficient (Wildman–Crippen LogP) is 4.14. The largest absolute Gasteiger partial charge is 0.495 e. The van der Waals surface area contributed by atoms with Gasteiger partial charge in [-0.25, -0.2) is 0 Å². The molecule has 3 heteroatoms. The third-order valence-corrected chi connectivity index (χ3v) is 2.40. The Morgan fingerprint density at radius 3 is 2.31 bits per heavy atom. The molecule has 0 N–H and O–H groups in total. The summed E-state index contributed by atoms with van der Waals surface area (Å²) in [5.74, 6) is 2.11. The van der Waals surface area contributed by atoms with Crippen LogP contribution in [-0.2, 0) is 0 Å². The van der Waals surface area contributed by atoms with Gasteiger partial charge in [-0.05, 0) is 24.3 Å². The molecule has 0 spiro atoms. The SMILES string of the molecule is COc1ccc(Oc2ccccc2)cc1Cl. The highest BCUT2D eigenvalue weighted by molar-refractivity contribution is 6.32. The quantitative estimate of drug-likeness (QED) is 0.795. The van der Waals surface area contributed by atoms with E-state index in [-0.39, 0.29) is 0 Å². The van der Waals surface area contributed by atoms with Crippen molar-refractivity contribution in [2.24, 2.45) is 0 Å². The molecule has 2 aromatic rings. The van der Waals surface area contributed by atoms with Crippen LogP contribution in [0.4, 0.5) is 0 Å². The van der Waals surface area contributed by atoms with E-state index in [4.69, 9.17) is 21.1 Å². The van der Waals surface area contributed by atoms with Gasteiger partial charge < -0.3 is 9.47 Å². The Bertz CT molecular complexity index is 469. The van der Waals surface area contributed by atoms with E-state index in [0.717, 1.165) is 5.75 Å². The van der Waals surface area contributed by atoms with Crippen molar-refractivity contribution < 1.29 is 9.47 Å². The predicted molar refractivity (Wildman–Crippen MR) is 64.5 cm³/mol. The monoisotopic (exact) mass is 234 g/mol. The van der Waals surface area contributed by atoms with E-state index < -0.39 is 0 Å². The second kappa shape index (κ2) is 4.90. The number of para-hydroxylation sites is 1. The fraction of sp³-hybridized carbons (Fsp3) is 0.0769. The standard InChI is InChI=1S/C13H11ClO2/c1-15-13-8-7-11(9-12(13)14)16-10-5-3-2-4-6-10/h2-9H,1H3. The lowest BCUT2D eigenvalue weighted by atomic mass is 10.3. The summed E-state index contributed by atoms with van der Waals surface area (Å²) in [6.07, 6.45) is 0. The normalized spacial score (nSPS) is 9.88. The van der Waals surface area contributed by atoms with Gasteiger partial charge in [0.05, 0.1) is 12.1 Å². The Morgan fingerprint density at radius 1 is 0.938 bits per heavy atom. The van der Waals surface area contributed by atoms with E-state index in [0.29, 0.717) is 16.5 Å². The Kier molecular flexibility index (Phi) is 3.32. The van der Waals surface area contributed by atoms with Crippen molar-refractivity contribution in [3.8, 4) is 17.2 Å². The fourth-order valence-electron chi connectivity index (χ4n) is 1.34. The van der Waals surface area contributed by atoms with Crippen molar-refractivity contribution >= 4 is 11.6 Å². The smallest absolute Gasteiger partial charge is 0.137 e. The number of benzene rings is 2. The molecule has 0 saturated carbocycles. The van der Waals surface area contributed by atoms with Crippen molar-refractivity contribution in [1.29, 1.82) is 0 Å². The molecular formula is C13H11ClO2. The number of hydrogen-bond donors (Lipinski definition) is 0. The first-order valence-corrected chi connectivity index (χ1v) is 5.24. The lowest BCUT2D eigenvalue weighted by molar-refractivity contribution is 0.413. The zero-order valence-corrected chi connectivity index (χ0v) is 9.57. The van der Waals surface area contributed by atoms with Gasteiger partial charge in [-0.2, -0.15) is 0 Å². The van der Waals surface area contributed by atoms with Crippen LogP contribution in [0.5, 0.6) is 17.2 Å². The first-order valence-electron chi connectivity index (χ1n) is 4.86. The maximum Gasteiger partial charge on any atom is 0.137 e. The minimum atomic E-state index is 0.538. The number of hydrogen-bond acceptors (Lipinski definition) is 2. The van der Waals surface area contributed by atoms with E-state index >= 15 is 0 Å². The molecule has 0 aromatic heterocycles. The zero-order valence-electron chi connectivity index (χ0n) is 8.81. The average Bonchev–Trinajstić information content (AvgIpc) is 2.31. The van der Waals surface area contributed by atoms with Gasteiger partial charge in [-0.3, -0.25) is 0 Å². The van der Waals surface area contributed by atoms with Crippen LogP contribution >= 0.6 is 11.6 Å². The Hall–Kier alpha value is -1.67. The van der Waals surface area contributed by atoms with Gasteiger partial charge in [0, 0.05) is 6.07 Å². The second-order valence-corrected chi connectivity index (χ2v) is 3.62. The van der Waals surface area contributed by atoms with Crippen LogP contribution in [0.3, 0.4) is 0 Å². The van der Waals surface area contributed by atoms with Crippen LogP contribution in [0.2, 0.25) is 5.02 Å². The molecular weight excluding hydrogens is 224 g/mol. The van der Waals surface area contributed by atoms with Crippen LogP contribution in [0.1, 0.15) is 0 Å². The van der Waals surface area contributed by atoms with Gasteiger partial charge in [-0.1, -0.05) is 29.8 Å². The van der Waals surface area contributed by atoms with Crippen LogP contribution in [-0.4, -0.2) is 7.11 Å². The maximum atomic E-state index is 5.99. The third kappa shape index (κ3) is 2.47. The van der Waals surface area contributed by atoms with Crippen LogP contribution in [0, 0.1) is 0 Å². The molecule has 0 amide bonds. The van der Waals surface area contributed by atoms with Crippen LogP contribution < -0.4 is 9.47 Å². The van der Waals surface area contributed by atoms with E-state index in [1.165, 1.54) is 0 Å². The zero-order chi connectivity index (χ0) is 11.4. The molecule has 0 aliphatic heterocycles. The van der Waals surface area contributed by atoms with Gasteiger partial charge >= 0.3 is 0 Å². The first-order chi connectivity index (χ1) is 7.79. The number of halogens is 1. The molecule has 2 rings (SSSR count). The summed E-state index contributed by atoms with van der Waals surface area (Å²) in [6.45, 7) is 0. The molecule has 0 aliphatic rings. The topological polar surface area (TPSA) is 18.5 Å². The van der Waals surface area contributed by atoms with Gasteiger partial charge in [0.15, 0.2) is 0 Å². The maximum absolute atomic E-state index is 5.99. The number of methoxy groups -OCH3 is 1. The lowest BCUT2D eigenvalue weighted by Gasteiger charge is -2.07. The average molecular weight is 235 g/mol. The molecule has 0 radical (unpaired) electrons. The summed E-state index contributed by atoms with van der Waals surface area (Å²) in [5.41, 5.74) is 0. The Morgan fingerprint density at radius 2 is 1.69 bits per heavy atom. The van der Waals surface area contributed by atoms with E-state index in [1.807, 2.05) is 36.4 Å². The summed E-state index contributed by atoms with van der Waals surface area (Å²) in [4.78, 5) is 0. The van der Waals surface area contributed by atoms with E-state index in [1.54, 1.807) is 19.2 Å². The van der Waals surface area contributed by atoms with Crippen LogP contribution in [0.25, 0.3) is 0 Å². The lowest BCUT2D eigenvalue weighted by Crippen LogP contribution is -1.86. The molecule has 2 nitrogen and oxygen atoms in total. The van der Waals surface area contributed by atoms with Crippen molar-refractivity contribution in [3.05, 3.63) is 53.6 Å². The van der Waals surface area contributed by atoms with Gasteiger partial charge in [0.25, 0.3) is 0 Å². The second-order valence-electron chi connectivity index (χ2n) is 3.21. The van der Waals surface area contributed by atoms with Crippen LogP contribution in [0.15, 0.2) is 48.5 Å². The highest BCUT2D eigenvalue weighted by Gasteiger charge is 2.03. The number of ether oxygens (including phenoxy) is 2. The molecule has 0 unspecified atom stereocenters.